The monoisotopic (exact) mass is 359 g/mol. The van der Waals surface area contributed by atoms with Gasteiger partial charge < -0.3 is 10.6 Å². The Kier molecular flexibility index (Phi) is 5.08. The molecule has 0 aliphatic heterocycles. The van der Waals surface area contributed by atoms with Crippen LogP contribution in [0.3, 0.4) is 0 Å². The number of nitrogens with zero attached hydrogens (tertiary/aromatic N) is 3. The summed E-state index contributed by atoms with van der Waals surface area (Å²) in [5.74, 6) is 0.261. The van der Waals surface area contributed by atoms with Gasteiger partial charge >= 0.3 is 0 Å². The smallest absolute Gasteiger partial charge is 0.233 e. The Labute approximate surface area is 129 Å². The minimum Gasteiger partial charge on any atom is -0.354 e. The van der Waals surface area contributed by atoms with Gasteiger partial charge in [0.2, 0.25) is 17.2 Å². The molecule has 0 radical (unpaired) electrons. The minimum atomic E-state index is -0.361. The minimum absolute atomic E-state index is 0.0635. The molecular weight excluding hydrogens is 349 g/mol. The van der Waals surface area contributed by atoms with Gasteiger partial charge in [0.15, 0.2) is 0 Å². The van der Waals surface area contributed by atoms with E-state index < -0.39 is 0 Å². The van der Waals surface area contributed by atoms with Gasteiger partial charge in [-0.2, -0.15) is 15.0 Å². The van der Waals surface area contributed by atoms with Crippen molar-refractivity contribution in [3.05, 3.63) is 33.8 Å². The van der Waals surface area contributed by atoms with E-state index in [1.807, 2.05) is 6.92 Å². The summed E-state index contributed by atoms with van der Waals surface area (Å²) in [5, 5.41) is 5.98. The number of halogens is 3. The van der Waals surface area contributed by atoms with Gasteiger partial charge in [0.05, 0.1) is 5.69 Å². The third-order valence-electron chi connectivity index (χ3n) is 2.32. The van der Waals surface area contributed by atoms with E-state index in [1.54, 1.807) is 6.07 Å². The lowest BCUT2D eigenvalue weighted by Crippen LogP contribution is -2.08. The average molecular weight is 361 g/mol. The Morgan fingerprint density at radius 1 is 1.25 bits per heavy atom. The second kappa shape index (κ2) is 6.81. The fourth-order valence-corrected chi connectivity index (χ4v) is 1.94. The van der Waals surface area contributed by atoms with Crippen LogP contribution in [0.5, 0.6) is 0 Å². The normalized spacial score (nSPS) is 10.4. The molecule has 1 aromatic carbocycles. The first-order valence-electron chi connectivity index (χ1n) is 5.96. The Bertz CT molecular complexity index is 610. The molecule has 2 N–H and O–H groups in total. The Morgan fingerprint density at radius 3 is 2.75 bits per heavy atom. The predicted molar refractivity (Wildman–Crippen MR) is 81.0 cm³/mol. The second-order valence-corrected chi connectivity index (χ2v) is 5.12. The van der Waals surface area contributed by atoms with Gasteiger partial charge in [-0.1, -0.05) is 6.92 Å². The van der Waals surface area contributed by atoms with Crippen LogP contribution in [0.1, 0.15) is 13.3 Å². The van der Waals surface area contributed by atoms with Crippen molar-refractivity contribution >= 4 is 45.1 Å². The van der Waals surface area contributed by atoms with Crippen molar-refractivity contribution in [2.24, 2.45) is 0 Å². The number of benzene rings is 1. The van der Waals surface area contributed by atoms with Crippen LogP contribution in [0.15, 0.2) is 22.7 Å². The SMILES string of the molecule is CCCNc1nc(Cl)nc(Nc2cc(F)ccc2Br)n1. The van der Waals surface area contributed by atoms with Gasteiger partial charge in [0, 0.05) is 11.0 Å². The van der Waals surface area contributed by atoms with Crippen LogP contribution in [0.4, 0.5) is 22.0 Å². The van der Waals surface area contributed by atoms with Gasteiger partial charge in [0.25, 0.3) is 0 Å². The van der Waals surface area contributed by atoms with Crippen molar-refractivity contribution in [2.75, 3.05) is 17.2 Å². The molecule has 8 heteroatoms. The molecule has 2 aromatic rings. The zero-order valence-electron chi connectivity index (χ0n) is 10.6. The Hall–Kier alpha value is -1.47. The molecule has 106 valence electrons. The van der Waals surface area contributed by atoms with E-state index in [4.69, 9.17) is 11.6 Å². The molecule has 20 heavy (non-hydrogen) atoms. The van der Waals surface area contributed by atoms with E-state index in [2.05, 4.69) is 41.5 Å². The second-order valence-electron chi connectivity index (χ2n) is 3.93. The number of anilines is 3. The van der Waals surface area contributed by atoms with Crippen molar-refractivity contribution in [3.63, 3.8) is 0 Å². The number of nitrogens with one attached hydrogen (secondary N) is 2. The lowest BCUT2D eigenvalue weighted by molar-refractivity contribution is 0.628. The zero-order valence-corrected chi connectivity index (χ0v) is 13.0. The van der Waals surface area contributed by atoms with Gasteiger partial charge in [-0.25, -0.2) is 4.39 Å². The van der Waals surface area contributed by atoms with E-state index in [1.165, 1.54) is 12.1 Å². The van der Waals surface area contributed by atoms with E-state index >= 15 is 0 Å². The highest BCUT2D eigenvalue weighted by Crippen LogP contribution is 2.25. The first-order valence-corrected chi connectivity index (χ1v) is 7.13. The van der Waals surface area contributed by atoms with E-state index in [0.717, 1.165) is 13.0 Å². The maximum absolute atomic E-state index is 13.2. The summed E-state index contributed by atoms with van der Waals surface area (Å²) in [7, 11) is 0. The predicted octanol–water partition coefficient (Wildman–Crippen LogP) is 3.99. The van der Waals surface area contributed by atoms with E-state index in [9.17, 15) is 4.39 Å². The molecule has 0 bridgehead atoms. The summed E-state index contributed by atoms with van der Waals surface area (Å²) in [4.78, 5) is 12.1. The zero-order chi connectivity index (χ0) is 14.5. The third-order valence-corrected chi connectivity index (χ3v) is 3.18. The Morgan fingerprint density at radius 2 is 2.00 bits per heavy atom. The lowest BCUT2D eigenvalue weighted by atomic mass is 10.3. The summed E-state index contributed by atoms with van der Waals surface area (Å²) in [6.45, 7) is 2.75. The van der Waals surface area contributed by atoms with Crippen LogP contribution in [0.2, 0.25) is 5.28 Å². The highest BCUT2D eigenvalue weighted by atomic mass is 79.9. The van der Waals surface area contributed by atoms with E-state index in [-0.39, 0.29) is 17.0 Å². The van der Waals surface area contributed by atoms with Crippen LogP contribution in [0, 0.1) is 5.82 Å². The van der Waals surface area contributed by atoms with Crippen LogP contribution in [-0.2, 0) is 0 Å². The highest BCUT2D eigenvalue weighted by Gasteiger charge is 2.07. The van der Waals surface area contributed by atoms with Gasteiger partial charge in [-0.05, 0) is 52.2 Å². The number of aromatic nitrogens is 3. The summed E-state index contributed by atoms with van der Waals surface area (Å²) < 4.78 is 13.9. The lowest BCUT2D eigenvalue weighted by Gasteiger charge is -2.09. The largest absolute Gasteiger partial charge is 0.354 e. The molecule has 0 saturated carbocycles. The molecular formula is C12H12BrClFN5. The molecule has 0 fully saturated rings. The summed E-state index contributed by atoms with van der Waals surface area (Å²) in [5.41, 5.74) is 0.508. The Balaban J connectivity index is 2.24. The molecule has 0 aliphatic carbocycles. The highest BCUT2D eigenvalue weighted by molar-refractivity contribution is 9.10. The van der Waals surface area contributed by atoms with Crippen molar-refractivity contribution in [1.29, 1.82) is 0 Å². The molecule has 2 rings (SSSR count). The average Bonchev–Trinajstić information content (AvgIpc) is 2.40. The molecule has 0 aliphatic rings. The molecule has 0 atom stereocenters. The van der Waals surface area contributed by atoms with Gasteiger partial charge in [-0.3, -0.25) is 0 Å². The van der Waals surface area contributed by atoms with Crippen molar-refractivity contribution in [1.82, 2.24) is 15.0 Å². The maximum atomic E-state index is 13.2. The molecule has 1 aromatic heterocycles. The first-order chi connectivity index (χ1) is 9.58. The van der Waals surface area contributed by atoms with Gasteiger partial charge in [0.1, 0.15) is 5.82 Å². The molecule has 0 unspecified atom stereocenters. The van der Waals surface area contributed by atoms with Crippen molar-refractivity contribution < 1.29 is 4.39 Å². The number of hydrogen-bond donors (Lipinski definition) is 2. The molecule has 5 nitrogen and oxygen atoms in total. The molecule has 0 saturated heterocycles. The number of rotatable bonds is 5. The molecule has 0 spiro atoms. The van der Waals surface area contributed by atoms with Gasteiger partial charge in [-0.15, -0.1) is 0 Å². The topological polar surface area (TPSA) is 62.7 Å². The van der Waals surface area contributed by atoms with Crippen molar-refractivity contribution in [2.45, 2.75) is 13.3 Å². The summed E-state index contributed by atoms with van der Waals surface area (Å²) in [6, 6.07) is 4.28. The standard InChI is InChI=1S/C12H12BrClFN5/c1-2-5-16-11-18-10(14)19-12(20-11)17-9-6-7(15)3-4-8(9)13/h3-4,6H,2,5H2,1H3,(H2,16,17,18,19,20). The first kappa shape index (κ1) is 14.9. The maximum Gasteiger partial charge on any atom is 0.233 e. The summed E-state index contributed by atoms with van der Waals surface area (Å²) >= 11 is 9.16. The van der Waals surface area contributed by atoms with Crippen LogP contribution < -0.4 is 10.6 Å². The third kappa shape index (κ3) is 4.01. The van der Waals surface area contributed by atoms with Crippen LogP contribution in [-0.4, -0.2) is 21.5 Å². The molecule has 0 amide bonds. The fraction of sp³-hybridized carbons (Fsp3) is 0.250. The molecule has 1 heterocycles. The van der Waals surface area contributed by atoms with Crippen LogP contribution >= 0.6 is 27.5 Å². The van der Waals surface area contributed by atoms with Crippen molar-refractivity contribution in [3.8, 4) is 0 Å². The quantitative estimate of drug-likeness (QED) is 0.844. The fourth-order valence-electron chi connectivity index (χ4n) is 1.44. The van der Waals surface area contributed by atoms with Crippen LogP contribution in [0.25, 0.3) is 0 Å². The van der Waals surface area contributed by atoms with E-state index in [0.29, 0.717) is 16.1 Å². The summed E-state index contributed by atoms with van der Waals surface area (Å²) in [6.07, 6.45) is 0.932. The number of hydrogen-bond acceptors (Lipinski definition) is 5.